The highest BCUT2D eigenvalue weighted by Crippen LogP contribution is 2.08. The van der Waals surface area contributed by atoms with Crippen molar-refractivity contribution in [3.63, 3.8) is 0 Å². The summed E-state index contributed by atoms with van der Waals surface area (Å²) in [6.07, 6.45) is 0. The Hall–Kier alpha value is -0.895. The first-order valence-electron chi connectivity index (χ1n) is 3.64. The SMILES string of the molecule is Cc1ccccc1COB(F)F. The summed E-state index contributed by atoms with van der Waals surface area (Å²) in [6.45, 7) is 1.84. The summed E-state index contributed by atoms with van der Waals surface area (Å²) in [5, 5.41) is 0. The number of hydrogen-bond acceptors (Lipinski definition) is 1. The van der Waals surface area contributed by atoms with Crippen molar-refractivity contribution in [1.82, 2.24) is 0 Å². The fraction of sp³-hybridized carbons (Fsp3) is 0.250. The third-order valence-corrected chi connectivity index (χ3v) is 1.63. The first kappa shape index (κ1) is 9.19. The first-order chi connectivity index (χ1) is 5.70. The molecule has 4 heteroatoms. The minimum Gasteiger partial charge on any atom is -0.375 e. The third-order valence-electron chi connectivity index (χ3n) is 1.63. The Bertz CT molecular complexity index is 253. The minimum atomic E-state index is -2.69. The number of hydrogen-bond donors (Lipinski definition) is 0. The predicted octanol–water partition coefficient (Wildman–Crippen LogP) is 2.44. The zero-order chi connectivity index (χ0) is 8.97. The van der Waals surface area contributed by atoms with Gasteiger partial charge in [0, 0.05) is 0 Å². The van der Waals surface area contributed by atoms with E-state index in [1.807, 2.05) is 19.1 Å². The van der Waals surface area contributed by atoms with Gasteiger partial charge in [0.2, 0.25) is 0 Å². The Morgan fingerprint density at radius 2 is 2.00 bits per heavy atom. The highest BCUT2D eigenvalue weighted by molar-refractivity contribution is 6.34. The number of rotatable bonds is 3. The first-order valence-corrected chi connectivity index (χ1v) is 3.64. The number of benzene rings is 1. The molecule has 0 aliphatic carbocycles. The van der Waals surface area contributed by atoms with Crippen molar-refractivity contribution in [3.8, 4) is 0 Å². The second-order valence-corrected chi connectivity index (χ2v) is 2.50. The van der Waals surface area contributed by atoms with E-state index >= 15 is 0 Å². The Kier molecular flexibility index (Phi) is 3.23. The monoisotopic (exact) mass is 170 g/mol. The van der Waals surface area contributed by atoms with Gasteiger partial charge in [-0.25, -0.2) is 0 Å². The van der Waals surface area contributed by atoms with Gasteiger partial charge in [-0.05, 0) is 18.1 Å². The topological polar surface area (TPSA) is 9.23 Å². The van der Waals surface area contributed by atoms with Crippen LogP contribution in [-0.4, -0.2) is 7.47 Å². The maximum atomic E-state index is 11.6. The van der Waals surface area contributed by atoms with Crippen molar-refractivity contribution in [1.29, 1.82) is 0 Å². The molecule has 64 valence electrons. The van der Waals surface area contributed by atoms with Gasteiger partial charge >= 0.3 is 7.47 Å². The van der Waals surface area contributed by atoms with E-state index in [4.69, 9.17) is 0 Å². The van der Waals surface area contributed by atoms with E-state index in [9.17, 15) is 8.63 Å². The van der Waals surface area contributed by atoms with E-state index in [0.29, 0.717) is 0 Å². The van der Waals surface area contributed by atoms with Crippen molar-refractivity contribution in [2.24, 2.45) is 0 Å². The fourth-order valence-corrected chi connectivity index (χ4v) is 0.925. The molecule has 1 aromatic rings. The molecule has 0 saturated carbocycles. The van der Waals surface area contributed by atoms with Crippen molar-refractivity contribution in [3.05, 3.63) is 35.4 Å². The molecule has 1 nitrogen and oxygen atoms in total. The lowest BCUT2D eigenvalue weighted by atomic mass is 10.1. The minimum absolute atomic E-state index is 0.0235. The summed E-state index contributed by atoms with van der Waals surface area (Å²) < 4.78 is 27.4. The second kappa shape index (κ2) is 4.21. The van der Waals surface area contributed by atoms with Crippen molar-refractivity contribution < 1.29 is 13.3 Å². The summed E-state index contributed by atoms with van der Waals surface area (Å²) in [6, 6.07) is 7.31. The third kappa shape index (κ3) is 2.62. The lowest BCUT2D eigenvalue weighted by molar-refractivity contribution is 0.243. The van der Waals surface area contributed by atoms with Gasteiger partial charge in [0.05, 0.1) is 6.61 Å². The van der Waals surface area contributed by atoms with E-state index in [2.05, 4.69) is 4.65 Å². The summed E-state index contributed by atoms with van der Waals surface area (Å²) in [5.74, 6) is 0. The summed E-state index contributed by atoms with van der Waals surface area (Å²) in [4.78, 5) is 0. The molecule has 0 aliphatic rings. The standard InChI is InChI=1S/C8H9BF2O/c1-7-4-2-3-5-8(7)6-12-9(10)11/h2-5H,6H2,1H3. The van der Waals surface area contributed by atoms with Crippen LogP contribution in [0.15, 0.2) is 24.3 Å². The molecule has 0 bridgehead atoms. The van der Waals surface area contributed by atoms with Gasteiger partial charge in [0.1, 0.15) is 0 Å². The van der Waals surface area contributed by atoms with E-state index in [1.54, 1.807) is 12.1 Å². The van der Waals surface area contributed by atoms with Crippen LogP contribution in [0.2, 0.25) is 0 Å². The molecule has 0 aliphatic heterocycles. The Morgan fingerprint density at radius 1 is 1.33 bits per heavy atom. The van der Waals surface area contributed by atoms with Crippen molar-refractivity contribution in [2.75, 3.05) is 0 Å². The predicted molar refractivity (Wildman–Crippen MR) is 43.9 cm³/mol. The molecule has 0 heterocycles. The van der Waals surface area contributed by atoms with Crippen LogP contribution in [0.4, 0.5) is 8.63 Å². The fourth-order valence-electron chi connectivity index (χ4n) is 0.925. The molecule has 1 aromatic carbocycles. The van der Waals surface area contributed by atoms with Crippen molar-refractivity contribution >= 4 is 7.47 Å². The van der Waals surface area contributed by atoms with Gasteiger partial charge in [0.25, 0.3) is 0 Å². The van der Waals surface area contributed by atoms with Gasteiger partial charge < -0.3 is 4.65 Å². The van der Waals surface area contributed by atoms with Gasteiger partial charge in [0.15, 0.2) is 0 Å². The molecule has 1 rings (SSSR count). The van der Waals surface area contributed by atoms with E-state index in [0.717, 1.165) is 11.1 Å². The number of halogens is 2. The Balaban J connectivity index is 2.57. The molecule has 0 N–H and O–H groups in total. The molecule has 0 fully saturated rings. The molecule has 0 unspecified atom stereocenters. The molecular weight excluding hydrogens is 161 g/mol. The largest absolute Gasteiger partial charge is 0.721 e. The van der Waals surface area contributed by atoms with Gasteiger partial charge in [-0.1, -0.05) is 24.3 Å². The van der Waals surface area contributed by atoms with Crippen LogP contribution in [0, 0.1) is 6.92 Å². The van der Waals surface area contributed by atoms with Crippen LogP contribution in [-0.2, 0) is 11.3 Å². The van der Waals surface area contributed by atoms with Crippen LogP contribution in [0.1, 0.15) is 11.1 Å². The Labute approximate surface area is 70.6 Å². The van der Waals surface area contributed by atoms with Crippen LogP contribution >= 0.6 is 0 Å². The smallest absolute Gasteiger partial charge is 0.375 e. The van der Waals surface area contributed by atoms with Crippen molar-refractivity contribution in [2.45, 2.75) is 13.5 Å². The second-order valence-electron chi connectivity index (χ2n) is 2.50. The maximum Gasteiger partial charge on any atom is 0.721 e. The molecular formula is C8H9BF2O. The molecule has 0 saturated heterocycles. The van der Waals surface area contributed by atoms with Crippen LogP contribution in [0.5, 0.6) is 0 Å². The zero-order valence-electron chi connectivity index (χ0n) is 6.76. The highest BCUT2D eigenvalue weighted by atomic mass is 19.2. The van der Waals surface area contributed by atoms with Gasteiger partial charge in [-0.3, -0.25) is 8.63 Å². The van der Waals surface area contributed by atoms with Crippen LogP contribution < -0.4 is 0 Å². The van der Waals surface area contributed by atoms with Crippen LogP contribution in [0.25, 0.3) is 0 Å². The summed E-state index contributed by atoms with van der Waals surface area (Å²) >= 11 is 0. The average Bonchev–Trinajstić information content (AvgIpc) is 2.03. The van der Waals surface area contributed by atoms with E-state index in [1.165, 1.54) is 0 Å². The molecule has 0 atom stereocenters. The zero-order valence-corrected chi connectivity index (χ0v) is 6.76. The Morgan fingerprint density at radius 3 is 2.58 bits per heavy atom. The quantitative estimate of drug-likeness (QED) is 0.633. The number of aryl methyl sites for hydroxylation is 1. The molecule has 12 heavy (non-hydrogen) atoms. The van der Waals surface area contributed by atoms with E-state index < -0.39 is 7.47 Å². The molecule has 0 aromatic heterocycles. The average molecular weight is 170 g/mol. The van der Waals surface area contributed by atoms with Crippen LogP contribution in [0.3, 0.4) is 0 Å². The highest BCUT2D eigenvalue weighted by Gasteiger charge is 2.14. The van der Waals surface area contributed by atoms with Gasteiger partial charge in [-0.2, -0.15) is 0 Å². The molecule has 0 spiro atoms. The van der Waals surface area contributed by atoms with Gasteiger partial charge in [-0.15, -0.1) is 0 Å². The normalized spacial score (nSPS) is 9.92. The summed E-state index contributed by atoms with van der Waals surface area (Å²) in [7, 11) is -2.69. The maximum absolute atomic E-state index is 11.6. The van der Waals surface area contributed by atoms with E-state index in [-0.39, 0.29) is 6.61 Å². The lowest BCUT2D eigenvalue weighted by Crippen LogP contribution is -2.05. The summed E-state index contributed by atoms with van der Waals surface area (Å²) in [5.41, 5.74) is 1.77. The lowest BCUT2D eigenvalue weighted by Gasteiger charge is -2.03. The molecule has 0 amide bonds. The molecule has 0 radical (unpaired) electrons.